The van der Waals surface area contributed by atoms with Gasteiger partial charge in [-0.2, -0.15) is 13.2 Å². The highest BCUT2D eigenvalue weighted by Gasteiger charge is 2.30. The van der Waals surface area contributed by atoms with E-state index in [1.165, 1.54) is 18.3 Å². The molecule has 1 heterocycles. The van der Waals surface area contributed by atoms with Crippen molar-refractivity contribution in [1.29, 1.82) is 0 Å². The van der Waals surface area contributed by atoms with E-state index in [1.54, 1.807) is 0 Å². The van der Waals surface area contributed by atoms with E-state index < -0.39 is 11.7 Å². The van der Waals surface area contributed by atoms with Crippen molar-refractivity contribution in [1.82, 2.24) is 9.97 Å². The van der Waals surface area contributed by atoms with Gasteiger partial charge in [0.2, 0.25) is 0 Å². The Hall–Kier alpha value is -1.21. The Kier molecular flexibility index (Phi) is 3.54. The van der Waals surface area contributed by atoms with E-state index in [0.717, 1.165) is 12.1 Å². The maximum atomic E-state index is 12.6. The molecule has 2 rings (SSSR count). The molecule has 94 valence electrons. The molecule has 0 bridgehead atoms. The summed E-state index contributed by atoms with van der Waals surface area (Å²) in [5.41, 5.74) is -0.382. The van der Waals surface area contributed by atoms with Gasteiger partial charge >= 0.3 is 6.18 Å². The minimum absolute atomic E-state index is 0.300. The van der Waals surface area contributed by atoms with Crippen LogP contribution in [0.1, 0.15) is 5.56 Å². The molecule has 1 aromatic heterocycles. The van der Waals surface area contributed by atoms with Crippen LogP contribution in [0.15, 0.2) is 34.9 Å². The first-order valence-electron chi connectivity index (χ1n) is 4.80. The van der Waals surface area contributed by atoms with Crippen molar-refractivity contribution in [3.05, 3.63) is 45.1 Å². The van der Waals surface area contributed by atoms with Gasteiger partial charge in [0, 0.05) is 11.8 Å². The SMILES string of the molecule is FC(F)(F)c1cccc(-c2ncc(Br)c(=S)[nH]2)c1. The Labute approximate surface area is 114 Å². The van der Waals surface area contributed by atoms with Crippen LogP contribution in [-0.4, -0.2) is 9.97 Å². The maximum absolute atomic E-state index is 12.6. The number of rotatable bonds is 1. The number of benzene rings is 1. The Bertz CT molecular complexity index is 637. The normalized spacial score (nSPS) is 11.6. The summed E-state index contributed by atoms with van der Waals surface area (Å²) >= 11 is 8.15. The molecular formula is C11H6BrF3N2S. The quantitative estimate of drug-likeness (QED) is 0.773. The summed E-state index contributed by atoms with van der Waals surface area (Å²) in [6, 6.07) is 4.91. The topological polar surface area (TPSA) is 28.7 Å². The molecule has 0 amide bonds. The lowest BCUT2D eigenvalue weighted by molar-refractivity contribution is -0.137. The highest BCUT2D eigenvalue weighted by molar-refractivity contribution is 9.10. The first-order chi connectivity index (χ1) is 8.38. The second-order valence-corrected chi connectivity index (χ2v) is 4.75. The zero-order chi connectivity index (χ0) is 13.3. The summed E-state index contributed by atoms with van der Waals surface area (Å²) in [5.74, 6) is 0.300. The third kappa shape index (κ3) is 2.78. The predicted octanol–water partition coefficient (Wildman–Crippen LogP) is 4.59. The van der Waals surface area contributed by atoms with Gasteiger partial charge in [-0.15, -0.1) is 0 Å². The van der Waals surface area contributed by atoms with Crippen LogP contribution in [0, 0.1) is 4.64 Å². The fraction of sp³-hybridized carbons (Fsp3) is 0.0909. The lowest BCUT2D eigenvalue weighted by atomic mass is 10.1. The molecule has 0 aliphatic rings. The van der Waals surface area contributed by atoms with Crippen molar-refractivity contribution >= 4 is 28.1 Å². The second-order valence-electron chi connectivity index (χ2n) is 3.49. The van der Waals surface area contributed by atoms with Gasteiger partial charge in [0.05, 0.1) is 10.0 Å². The number of hydrogen-bond acceptors (Lipinski definition) is 2. The third-order valence-corrected chi connectivity index (χ3v) is 3.40. The number of aromatic amines is 1. The van der Waals surface area contributed by atoms with Crippen LogP contribution in [0.25, 0.3) is 11.4 Å². The van der Waals surface area contributed by atoms with Gasteiger partial charge in [0.15, 0.2) is 0 Å². The van der Waals surface area contributed by atoms with Gasteiger partial charge in [-0.3, -0.25) is 0 Å². The van der Waals surface area contributed by atoms with Crippen molar-refractivity contribution in [2.24, 2.45) is 0 Å². The number of hydrogen-bond donors (Lipinski definition) is 1. The molecule has 0 aliphatic heterocycles. The van der Waals surface area contributed by atoms with Gasteiger partial charge in [0.25, 0.3) is 0 Å². The van der Waals surface area contributed by atoms with Crippen LogP contribution in [0.4, 0.5) is 13.2 Å². The largest absolute Gasteiger partial charge is 0.416 e. The van der Waals surface area contributed by atoms with Crippen molar-refractivity contribution in [3.8, 4) is 11.4 Å². The highest BCUT2D eigenvalue weighted by Crippen LogP contribution is 2.31. The summed E-state index contributed by atoms with van der Waals surface area (Å²) in [6.07, 6.45) is -2.92. The van der Waals surface area contributed by atoms with E-state index in [9.17, 15) is 13.2 Å². The maximum Gasteiger partial charge on any atom is 0.416 e. The number of aromatic nitrogens is 2. The molecule has 0 atom stereocenters. The molecule has 2 nitrogen and oxygen atoms in total. The zero-order valence-corrected chi connectivity index (χ0v) is 11.2. The van der Waals surface area contributed by atoms with Crippen molar-refractivity contribution in [2.45, 2.75) is 6.18 Å². The Morgan fingerprint density at radius 3 is 2.61 bits per heavy atom. The van der Waals surface area contributed by atoms with E-state index in [2.05, 4.69) is 25.9 Å². The lowest BCUT2D eigenvalue weighted by Crippen LogP contribution is -2.04. The van der Waals surface area contributed by atoms with Crippen LogP contribution in [0.3, 0.4) is 0 Å². The van der Waals surface area contributed by atoms with E-state index >= 15 is 0 Å². The molecule has 0 saturated heterocycles. The number of nitrogens with one attached hydrogen (secondary N) is 1. The van der Waals surface area contributed by atoms with Gasteiger partial charge in [0.1, 0.15) is 10.5 Å². The molecule has 18 heavy (non-hydrogen) atoms. The monoisotopic (exact) mass is 334 g/mol. The van der Waals surface area contributed by atoms with Gasteiger partial charge in [-0.1, -0.05) is 24.4 Å². The van der Waals surface area contributed by atoms with E-state index in [0.29, 0.717) is 20.5 Å². The summed E-state index contributed by atoms with van der Waals surface area (Å²) < 4.78 is 38.7. The van der Waals surface area contributed by atoms with Gasteiger partial charge in [-0.05, 0) is 28.1 Å². The molecule has 0 fully saturated rings. The van der Waals surface area contributed by atoms with Crippen molar-refractivity contribution in [2.75, 3.05) is 0 Å². The Morgan fingerprint density at radius 2 is 2.00 bits per heavy atom. The average molecular weight is 335 g/mol. The number of nitrogens with zero attached hydrogens (tertiary/aromatic N) is 1. The van der Waals surface area contributed by atoms with Gasteiger partial charge in [-0.25, -0.2) is 4.98 Å². The summed E-state index contributed by atoms with van der Waals surface area (Å²) in [6.45, 7) is 0. The second kappa shape index (κ2) is 4.81. The van der Waals surface area contributed by atoms with Crippen LogP contribution >= 0.6 is 28.1 Å². The van der Waals surface area contributed by atoms with Crippen LogP contribution in [0.2, 0.25) is 0 Å². The van der Waals surface area contributed by atoms with E-state index in [4.69, 9.17) is 12.2 Å². The molecule has 2 aromatic rings. The predicted molar refractivity (Wildman–Crippen MR) is 67.6 cm³/mol. The number of alkyl halides is 3. The van der Waals surface area contributed by atoms with Crippen molar-refractivity contribution < 1.29 is 13.2 Å². The smallest absolute Gasteiger partial charge is 0.330 e. The molecular weight excluding hydrogens is 329 g/mol. The van der Waals surface area contributed by atoms with Gasteiger partial charge < -0.3 is 4.98 Å². The fourth-order valence-electron chi connectivity index (χ4n) is 1.37. The lowest BCUT2D eigenvalue weighted by Gasteiger charge is -2.08. The molecule has 1 aromatic carbocycles. The van der Waals surface area contributed by atoms with Crippen LogP contribution in [0.5, 0.6) is 0 Å². The molecule has 0 spiro atoms. The molecule has 0 radical (unpaired) electrons. The minimum atomic E-state index is -4.37. The molecule has 0 saturated carbocycles. The van der Waals surface area contributed by atoms with Crippen LogP contribution < -0.4 is 0 Å². The minimum Gasteiger partial charge on any atom is -0.330 e. The summed E-state index contributed by atoms with van der Waals surface area (Å²) in [4.78, 5) is 6.76. The molecule has 0 unspecified atom stereocenters. The van der Waals surface area contributed by atoms with E-state index in [-0.39, 0.29) is 0 Å². The third-order valence-electron chi connectivity index (χ3n) is 2.22. The molecule has 0 aliphatic carbocycles. The average Bonchev–Trinajstić information content (AvgIpc) is 2.32. The first-order valence-corrected chi connectivity index (χ1v) is 6.00. The Morgan fingerprint density at radius 1 is 1.28 bits per heavy atom. The highest BCUT2D eigenvalue weighted by atomic mass is 79.9. The molecule has 1 N–H and O–H groups in total. The summed E-state index contributed by atoms with van der Waals surface area (Å²) in [7, 11) is 0. The summed E-state index contributed by atoms with van der Waals surface area (Å²) in [5, 5.41) is 0. The van der Waals surface area contributed by atoms with Crippen molar-refractivity contribution in [3.63, 3.8) is 0 Å². The number of H-pyrrole nitrogens is 1. The zero-order valence-electron chi connectivity index (χ0n) is 8.75. The van der Waals surface area contributed by atoms with Crippen LogP contribution in [-0.2, 0) is 6.18 Å². The number of halogens is 4. The van der Waals surface area contributed by atoms with E-state index in [1.807, 2.05) is 0 Å². The first kappa shape index (κ1) is 13.2. The fourth-order valence-corrected chi connectivity index (χ4v) is 1.72. The Balaban J connectivity index is 2.51. The standard InChI is InChI=1S/C11H6BrF3N2S/c12-8-5-16-9(17-10(8)18)6-2-1-3-7(4-6)11(13,14)15/h1-5H,(H,16,17,18). The molecule has 7 heteroatoms.